The average molecular weight is 519 g/mol. The van der Waals surface area contributed by atoms with E-state index in [-0.39, 0.29) is 11.7 Å². The summed E-state index contributed by atoms with van der Waals surface area (Å²) in [5, 5.41) is 0. The Kier molecular flexibility index (Phi) is 10.1. The van der Waals surface area contributed by atoms with Crippen molar-refractivity contribution in [2.24, 2.45) is 5.41 Å². The van der Waals surface area contributed by atoms with Gasteiger partial charge in [-0.15, -0.1) is 13.2 Å². The summed E-state index contributed by atoms with van der Waals surface area (Å²) in [7, 11) is 0. The van der Waals surface area contributed by atoms with Gasteiger partial charge in [0.25, 0.3) is 0 Å². The fourth-order valence-electron chi connectivity index (χ4n) is 4.18. The quantitative estimate of drug-likeness (QED) is 0.209. The first-order valence-corrected chi connectivity index (χ1v) is 13.1. The van der Waals surface area contributed by atoms with Gasteiger partial charge in [-0.1, -0.05) is 37.3 Å². The minimum Gasteiger partial charge on any atom is -0.493 e. The van der Waals surface area contributed by atoms with Crippen LogP contribution in [0.4, 0.5) is 13.2 Å². The summed E-state index contributed by atoms with van der Waals surface area (Å²) in [6, 6.07) is 12.1. The lowest BCUT2D eigenvalue weighted by Gasteiger charge is -2.20. The molecule has 0 saturated carbocycles. The number of benzene rings is 2. The predicted molar refractivity (Wildman–Crippen MR) is 139 cm³/mol. The molecule has 0 N–H and O–H groups in total. The summed E-state index contributed by atoms with van der Waals surface area (Å²) in [6.07, 6.45) is 4.55. The molecule has 2 aromatic rings. The molecule has 0 aromatic heterocycles. The molecule has 1 aliphatic rings. The molecule has 0 fully saturated rings. The lowest BCUT2D eigenvalue weighted by Crippen LogP contribution is -2.26. The minimum atomic E-state index is -4.70. The van der Waals surface area contributed by atoms with Crippen LogP contribution in [0.2, 0.25) is 0 Å². The number of esters is 1. The smallest absolute Gasteiger partial charge is 0.493 e. The molecular formula is C30H37F3O4. The van der Waals surface area contributed by atoms with E-state index in [0.29, 0.717) is 13.2 Å². The van der Waals surface area contributed by atoms with Gasteiger partial charge < -0.3 is 14.2 Å². The minimum absolute atomic E-state index is 0.132. The molecule has 0 atom stereocenters. The summed E-state index contributed by atoms with van der Waals surface area (Å²) in [5.41, 5.74) is 3.79. The molecule has 4 nitrogen and oxygen atoms in total. The third-order valence-electron chi connectivity index (χ3n) is 6.80. The van der Waals surface area contributed by atoms with Gasteiger partial charge in [0.15, 0.2) is 0 Å². The van der Waals surface area contributed by atoms with E-state index in [1.165, 1.54) is 17.7 Å². The van der Waals surface area contributed by atoms with Crippen molar-refractivity contribution < 1.29 is 32.2 Å². The molecule has 0 aliphatic heterocycles. The van der Waals surface area contributed by atoms with Crippen molar-refractivity contribution in [3.05, 3.63) is 59.2 Å². The highest BCUT2D eigenvalue weighted by Gasteiger charge is 2.31. The average Bonchev–Trinajstić information content (AvgIpc) is 3.08. The molecule has 2 aromatic carbocycles. The third kappa shape index (κ3) is 8.83. The topological polar surface area (TPSA) is 44.8 Å². The van der Waals surface area contributed by atoms with Crippen LogP contribution in [0, 0.1) is 5.41 Å². The number of ether oxygens (including phenoxy) is 3. The number of halogens is 3. The van der Waals surface area contributed by atoms with Gasteiger partial charge in [-0.2, -0.15) is 0 Å². The van der Waals surface area contributed by atoms with Gasteiger partial charge in [-0.3, -0.25) is 4.79 Å². The van der Waals surface area contributed by atoms with E-state index in [1.807, 2.05) is 32.9 Å². The number of alkyl halides is 3. The summed E-state index contributed by atoms with van der Waals surface area (Å²) in [6.45, 7) is 6.88. The highest BCUT2D eigenvalue weighted by molar-refractivity contribution is 5.83. The lowest BCUT2D eigenvalue weighted by molar-refractivity contribution is -0.274. The van der Waals surface area contributed by atoms with Crippen LogP contribution < -0.4 is 9.47 Å². The Bertz CT molecular complexity index is 1060. The van der Waals surface area contributed by atoms with Gasteiger partial charge in [0, 0.05) is 5.56 Å². The van der Waals surface area contributed by atoms with Crippen LogP contribution >= 0.6 is 0 Å². The number of carbonyl (C=O) groups is 1. The van der Waals surface area contributed by atoms with Crippen molar-refractivity contribution in [1.82, 2.24) is 0 Å². The van der Waals surface area contributed by atoms with Crippen LogP contribution in [0.1, 0.15) is 82.4 Å². The molecule has 0 radical (unpaired) electrons. The molecule has 0 amide bonds. The fourth-order valence-corrected chi connectivity index (χ4v) is 4.18. The van der Waals surface area contributed by atoms with Gasteiger partial charge in [0.05, 0.1) is 18.6 Å². The first-order valence-electron chi connectivity index (χ1n) is 13.1. The molecule has 1 aliphatic carbocycles. The highest BCUT2D eigenvalue weighted by Crippen LogP contribution is 2.35. The molecule has 0 spiro atoms. The van der Waals surface area contributed by atoms with E-state index >= 15 is 0 Å². The van der Waals surface area contributed by atoms with E-state index < -0.39 is 11.8 Å². The maximum Gasteiger partial charge on any atom is 0.573 e. The Morgan fingerprint density at radius 2 is 1.62 bits per heavy atom. The molecule has 0 saturated heterocycles. The normalized spacial score (nSPS) is 13.8. The van der Waals surface area contributed by atoms with Gasteiger partial charge in [-0.05, 0) is 100 Å². The monoisotopic (exact) mass is 518 g/mol. The second-order valence-electron chi connectivity index (χ2n) is 10.1. The van der Waals surface area contributed by atoms with Crippen molar-refractivity contribution in [2.75, 3.05) is 13.2 Å². The largest absolute Gasteiger partial charge is 0.573 e. The molecule has 0 unspecified atom stereocenters. The second-order valence-corrected chi connectivity index (χ2v) is 10.1. The summed E-state index contributed by atoms with van der Waals surface area (Å²) >= 11 is 0. The maximum atomic E-state index is 12.4. The number of hydrogen-bond donors (Lipinski definition) is 0. The van der Waals surface area contributed by atoms with Crippen LogP contribution in [0.3, 0.4) is 0 Å². The number of allylic oxidation sites excluding steroid dienone is 1. The van der Waals surface area contributed by atoms with E-state index in [1.54, 1.807) is 12.1 Å². The Hall–Kier alpha value is -2.96. The van der Waals surface area contributed by atoms with Gasteiger partial charge >= 0.3 is 12.3 Å². The van der Waals surface area contributed by atoms with Crippen molar-refractivity contribution in [1.29, 1.82) is 0 Å². The van der Waals surface area contributed by atoms with Crippen LogP contribution in [0.5, 0.6) is 11.5 Å². The molecular weight excluding hydrogens is 481 g/mol. The Balaban J connectivity index is 1.49. The third-order valence-corrected chi connectivity index (χ3v) is 6.80. The predicted octanol–water partition coefficient (Wildman–Crippen LogP) is 8.38. The van der Waals surface area contributed by atoms with Gasteiger partial charge in [0.1, 0.15) is 11.5 Å². The first kappa shape index (κ1) is 28.6. The number of rotatable bonds is 12. The van der Waals surface area contributed by atoms with Gasteiger partial charge in [-0.25, -0.2) is 0 Å². The van der Waals surface area contributed by atoms with Crippen molar-refractivity contribution in [2.45, 2.75) is 78.5 Å². The standard InChI is InChI=1S/C30H37F3O4/c1-4-29(2,3)28(34)36-20-8-6-5-7-19-35-27-14-10-12-24-21-23(11-9-13-26(24)27)22-15-17-25(18-16-22)37-30(31,32)33/h10,12,14-18,21H,4-9,11,13,19-20H2,1-3H3. The Labute approximate surface area is 217 Å². The Morgan fingerprint density at radius 3 is 2.30 bits per heavy atom. The maximum absolute atomic E-state index is 12.4. The van der Waals surface area contributed by atoms with Crippen LogP contribution in [-0.4, -0.2) is 25.5 Å². The van der Waals surface area contributed by atoms with Crippen molar-refractivity contribution in [3.63, 3.8) is 0 Å². The lowest BCUT2D eigenvalue weighted by atomic mass is 9.91. The number of hydrogen-bond acceptors (Lipinski definition) is 4. The molecule has 3 rings (SSSR count). The van der Waals surface area contributed by atoms with Crippen molar-refractivity contribution >= 4 is 17.6 Å². The van der Waals surface area contributed by atoms with Crippen molar-refractivity contribution in [3.8, 4) is 11.5 Å². The zero-order valence-electron chi connectivity index (χ0n) is 22.0. The van der Waals surface area contributed by atoms with Gasteiger partial charge in [0.2, 0.25) is 0 Å². The zero-order valence-corrected chi connectivity index (χ0v) is 22.0. The Morgan fingerprint density at radius 1 is 0.919 bits per heavy atom. The fraction of sp³-hybridized carbons (Fsp3) is 0.500. The summed E-state index contributed by atoms with van der Waals surface area (Å²) < 4.78 is 52.8. The number of carbonyl (C=O) groups excluding carboxylic acids is 1. The molecule has 202 valence electrons. The van der Waals surface area contributed by atoms with Crippen LogP contribution in [0.15, 0.2) is 42.5 Å². The molecule has 0 heterocycles. The molecule has 37 heavy (non-hydrogen) atoms. The van der Waals surface area contributed by atoms with Crippen LogP contribution in [0.25, 0.3) is 11.6 Å². The first-order chi connectivity index (χ1) is 17.6. The SMILES string of the molecule is CCC(C)(C)C(=O)OCCCCCCOc1cccc2c1CCCC(c1ccc(OC(F)(F)F)cc1)=C2. The summed E-state index contributed by atoms with van der Waals surface area (Å²) in [4.78, 5) is 12.0. The second kappa shape index (κ2) is 13.0. The van der Waals surface area contributed by atoms with E-state index in [4.69, 9.17) is 9.47 Å². The van der Waals surface area contributed by atoms with E-state index in [0.717, 1.165) is 73.8 Å². The van der Waals surface area contributed by atoms with E-state index in [2.05, 4.69) is 16.9 Å². The number of fused-ring (bicyclic) bond motifs is 1. The molecule has 0 bridgehead atoms. The number of unbranched alkanes of at least 4 members (excludes halogenated alkanes) is 3. The summed E-state index contributed by atoms with van der Waals surface area (Å²) in [5.74, 6) is 0.537. The highest BCUT2D eigenvalue weighted by atomic mass is 19.4. The molecule has 7 heteroatoms. The van der Waals surface area contributed by atoms with Crippen LogP contribution in [-0.2, 0) is 16.0 Å². The van der Waals surface area contributed by atoms with E-state index in [9.17, 15) is 18.0 Å². The zero-order chi connectivity index (χ0) is 26.9.